The zero-order valence-electron chi connectivity index (χ0n) is 5.87. The maximum absolute atomic E-state index is 10.3. The Morgan fingerprint density at radius 1 is 1.60 bits per heavy atom. The molecule has 2 heteroatoms. The molecule has 0 heterocycles. The van der Waals surface area contributed by atoms with Crippen LogP contribution in [0.3, 0.4) is 0 Å². The fourth-order valence-corrected chi connectivity index (χ4v) is 0.505. The number of aliphatic carboxylic acids is 1. The van der Waals surface area contributed by atoms with E-state index in [4.69, 9.17) is 5.11 Å². The maximum atomic E-state index is 10.3. The van der Waals surface area contributed by atoms with Gasteiger partial charge in [-0.2, -0.15) is 0 Å². The molecule has 54 valence electrons. The van der Waals surface area contributed by atoms with E-state index in [0.717, 1.165) is 0 Å². The Morgan fingerprint density at radius 2 is 2.20 bits per heavy atom. The van der Waals surface area contributed by atoms with Gasteiger partial charge in [-0.25, -0.2) is 4.79 Å². The highest BCUT2D eigenvalue weighted by Gasteiger charge is 1.98. The summed E-state index contributed by atoms with van der Waals surface area (Å²) in [4.78, 5) is 10.3. The van der Waals surface area contributed by atoms with Crippen molar-refractivity contribution in [3.05, 3.63) is 36.5 Å². The van der Waals surface area contributed by atoms with Gasteiger partial charge in [-0.15, -0.1) is 0 Å². The van der Waals surface area contributed by atoms with Crippen LogP contribution in [0.25, 0.3) is 0 Å². The minimum absolute atomic E-state index is 0.248. The van der Waals surface area contributed by atoms with Gasteiger partial charge < -0.3 is 5.11 Å². The molecule has 0 aliphatic rings. The van der Waals surface area contributed by atoms with E-state index in [-0.39, 0.29) is 5.57 Å². The predicted octanol–water partition coefficient (Wildman–Crippen LogP) is 1.76. The standard InChI is InChI=1S/C8H10O2/c1-3-5-7(6-4-2)8(9)10/h3-6H,1H2,2H3,(H,9,10). The van der Waals surface area contributed by atoms with E-state index in [0.29, 0.717) is 0 Å². The number of carboxylic acid groups (broad SMARTS) is 1. The average molecular weight is 138 g/mol. The van der Waals surface area contributed by atoms with Gasteiger partial charge >= 0.3 is 5.97 Å². The van der Waals surface area contributed by atoms with E-state index in [9.17, 15) is 4.79 Å². The van der Waals surface area contributed by atoms with E-state index in [1.54, 1.807) is 13.0 Å². The van der Waals surface area contributed by atoms with Gasteiger partial charge in [0, 0.05) is 0 Å². The Balaban J connectivity index is 4.41. The molecule has 0 aromatic heterocycles. The molecule has 0 radical (unpaired) electrons. The minimum atomic E-state index is -0.932. The van der Waals surface area contributed by atoms with Gasteiger partial charge in [0.25, 0.3) is 0 Å². The largest absolute Gasteiger partial charge is 0.478 e. The van der Waals surface area contributed by atoms with Crippen molar-refractivity contribution in [1.29, 1.82) is 0 Å². The lowest BCUT2D eigenvalue weighted by Gasteiger charge is -1.89. The molecule has 1 N–H and O–H groups in total. The molecule has 10 heavy (non-hydrogen) atoms. The molecule has 0 bridgehead atoms. The minimum Gasteiger partial charge on any atom is -0.478 e. The first-order valence-corrected chi connectivity index (χ1v) is 2.91. The first-order valence-electron chi connectivity index (χ1n) is 2.91. The molecule has 0 aromatic rings. The summed E-state index contributed by atoms with van der Waals surface area (Å²) in [6.07, 6.45) is 6.08. The zero-order chi connectivity index (χ0) is 7.98. The first-order chi connectivity index (χ1) is 4.72. The molecule has 0 aliphatic heterocycles. The SMILES string of the molecule is C=CC=C(C=CC)C(=O)O. The van der Waals surface area contributed by atoms with Crippen LogP contribution < -0.4 is 0 Å². The highest BCUT2D eigenvalue weighted by molar-refractivity contribution is 5.90. The molecule has 0 aromatic carbocycles. The van der Waals surface area contributed by atoms with Crippen LogP contribution in [-0.2, 0) is 4.79 Å². The predicted molar refractivity (Wildman–Crippen MR) is 40.7 cm³/mol. The fourth-order valence-electron chi connectivity index (χ4n) is 0.505. The van der Waals surface area contributed by atoms with Crippen LogP contribution in [-0.4, -0.2) is 11.1 Å². The first kappa shape index (κ1) is 8.69. The lowest BCUT2D eigenvalue weighted by atomic mass is 10.2. The Labute approximate surface area is 60.2 Å². The van der Waals surface area contributed by atoms with Crippen molar-refractivity contribution in [2.24, 2.45) is 0 Å². The van der Waals surface area contributed by atoms with Crippen LogP contribution in [0.4, 0.5) is 0 Å². The molecule has 2 nitrogen and oxygen atoms in total. The highest BCUT2D eigenvalue weighted by Crippen LogP contribution is 1.96. The lowest BCUT2D eigenvalue weighted by Crippen LogP contribution is -1.96. The van der Waals surface area contributed by atoms with Gasteiger partial charge in [0.15, 0.2) is 0 Å². The fraction of sp³-hybridized carbons (Fsp3) is 0.125. The number of rotatable bonds is 3. The summed E-state index contributed by atoms with van der Waals surface area (Å²) in [5.74, 6) is -0.932. The lowest BCUT2D eigenvalue weighted by molar-refractivity contribution is -0.132. The number of hydrogen-bond donors (Lipinski definition) is 1. The number of hydrogen-bond acceptors (Lipinski definition) is 1. The van der Waals surface area contributed by atoms with E-state index < -0.39 is 5.97 Å². The van der Waals surface area contributed by atoms with Crippen LogP contribution in [0.1, 0.15) is 6.92 Å². The molecular formula is C8H10O2. The van der Waals surface area contributed by atoms with Gasteiger partial charge in [-0.05, 0) is 13.0 Å². The summed E-state index contributed by atoms with van der Waals surface area (Å²) in [6.45, 7) is 5.16. The van der Waals surface area contributed by atoms with Crippen LogP contribution in [0.2, 0.25) is 0 Å². The van der Waals surface area contributed by atoms with Crippen molar-refractivity contribution in [1.82, 2.24) is 0 Å². The van der Waals surface area contributed by atoms with Gasteiger partial charge in [0.1, 0.15) is 0 Å². The van der Waals surface area contributed by atoms with Gasteiger partial charge in [0.2, 0.25) is 0 Å². The van der Waals surface area contributed by atoms with E-state index in [1.165, 1.54) is 18.2 Å². The second-order valence-electron chi connectivity index (χ2n) is 1.66. The smallest absolute Gasteiger partial charge is 0.335 e. The van der Waals surface area contributed by atoms with E-state index in [1.807, 2.05) is 0 Å². The van der Waals surface area contributed by atoms with E-state index in [2.05, 4.69) is 6.58 Å². The summed E-state index contributed by atoms with van der Waals surface area (Å²) in [7, 11) is 0. The second-order valence-corrected chi connectivity index (χ2v) is 1.66. The molecule has 0 aliphatic carbocycles. The number of allylic oxidation sites excluding steroid dienone is 3. The van der Waals surface area contributed by atoms with Crippen molar-refractivity contribution in [2.45, 2.75) is 6.92 Å². The Bertz CT molecular complexity index is 187. The topological polar surface area (TPSA) is 37.3 Å². The molecule has 0 saturated heterocycles. The Morgan fingerprint density at radius 3 is 2.50 bits per heavy atom. The van der Waals surface area contributed by atoms with Crippen molar-refractivity contribution in [3.63, 3.8) is 0 Å². The molecule has 0 rings (SSSR count). The van der Waals surface area contributed by atoms with Gasteiger partial charge in [0.05, 0.1) is 5.57 Å². The zero-order valence-corrected chi connectivity index (χ0v) is 5.87. The Kier molecular flexibility index (Phi) is 3.96. The summed E-state index contributed by atoms with van der Waals surface area (Å²) in [6, 6.07) is 0. The molecule has 0 unspecified atom stereocenters. The molecule has 0 fully saturated rings. The second kappa shape index (κ2) is 4.56. The number of carboxylic acids is 1. The monoisotopic (exact) mass is 138 g/mol. The van der Waals surface area contributed by atoms with Crippen LogP contribution >= 0.6 is 0 Å². The molecule has 0 spiro atoms. The summed E-state index contributed by atoms with van der Waals surface area (Å²) in [5, 5.41) is 8.47. The van der Waals surface area contributed by atoms with Crippen LogP contribution in [0.15, 0.2) is 36.5 Å². The van der Waals surface area contributed by atoms with Crippen molar-refractivity contribution in [3.8, 4) is 0 Å². The van der Waals surface area contributed by atoms with Crippen molar-refractivity contribution < 1.29 is 9.90 Å². The number of carbonyl (C=O) groups is 1. The molecule has 0 amide bonds. The average Bonchev–Trinajstić information content (AvgIpc) is 1.87. The van der Waals surface area contributed by atoms with Gasteiger partial charge in [-0.1, -0.05) is 24.8 Å². The Hall–Kier alpha value is -1.31. The summed E-state index contributed by atoms with van der Waals surface area (Å²) >= 11 is 0. The summed E-state index contributed by atoms with van der Waals surface area (Å²) < 4.78 is 0. The maximum Gasteiger partial charge on any atom is 0.335 e. The van der Waals surface area contributed by atoms with E-state index >= 15 is 0 Å². The normalized spacial score (nSPS) is 11.9. The molecular weight excluding hydrogens is 128 g/mol. The third-order valence-electron chi connectivity index (χ3n) is 0.891. The van der Waals surface area contributed by atoms with Crippen molar-refractivity contribution in [2.75, 3.05) is 0 Å². The molecule has 0 saturated carbocycles. The highest BCUT2D eigenvalue weighted by atomic mass is 16.4. The molecule has 0 atom stereocenters. The van der Waals surface area contributed by atoms with Crippen LogP contribution in [0.5, 0.6) is 0 Å². The quantitative estimate of drug-likeness (QED) is 0.476. The summed E-state index contributed by atoms with van der Waals surface area (Å²) in [5.41, 5.74) is 0.248. The van der Waals surface area contributed by atoms with Crippen molar-refractivity contribution >= 4 is 5.97 Å². The third-order valence-corrected chi connectivity index (χ3v) is 0.891. The van der Waals surface area contributed by atoms with Crippen LogP contribution in [0, 0.1) is 0 Å². The van der Waals surface area contributed by atoms with Gasteiger partial charge in [-0.3, -0.25) is 0 Å². The third kappa shape index (κ3) is 2.87.